The van der Waals surface area contributed by atoms with Gasteiger partial charge < -0.3 is 4.90 Å². The number of hydrogen-bond donors (Lipinski definition) is 0. The van der Waals surface area contributed by atoms with Crippen LogP contribution in [0, 0.1) is 0 Å². The number of carbonyl (C=O) groups is 1. The van der Waals surface area contributed by atoms with Crippen molar-refractivity contribution in [2.24, 2.45) is 0 Å². The fraction of sp³-hybridized carbons (Fsp3) is 0.500. The second kappa shape index (κ2) is 4.43. The molecule has 80 valence electrons. The fourth-order valence-corrected chi connectivity index (χ4v) is 2.19. The van der Waals surface area contributed by atoms with Crippen LogP contribution in [-0.2, 0) is 4.79 Å². The molecule has 3 heteroatoms. The first-order valence-electron chi connectivity index (χ1n) is 5.52. The third-order valence-electron chi connectivity index (χ3n) is 2.94. The number of amides is 1. The Bertz CT molecular complexity index is 337. The van der Waals surface area contributed by atoms with E-state index in [1.807, 2.05) is 24.1 Å². The van der Waals surface area contributed by atoms with Gasteiger partial charge in [0.15, 0.2) is 0 Å². The molecular weight excluding hydrogens is 188 g/mol. The zero-order valence-corrected chi connectivity index (χ0v) is 9.02. The minimum Gasteiger partial charge on any atom is -0.336 e. The quantitative estimate of drug-likeness (QED) is 0.739. The van der Waals surface area contributed by atoms with Gasteiger partial charge >= 0.3 is 0 Å². The average Bonchev–Trinajstić information content (AvgIpc) is 2.78. The van der Waals surface area contributed by atoms with E-state index in [1.165, 1.54) is 0 Å². The van der Waals surface area contributed by atoms with Crippen LogP contribution in [0.2, 0.25) is 0 Å². The summed E-state index contributed by atoms with van der Waals surface area (Å²) >= 11 is 0. The standard InChI is InChI=1S/C12H16N2O/c1-2-12(15)14-8-4-6-11(14)10-5-3-7-13-9-10/h3,5,7,9,11H,2,4,6,8H2,1H3. The van der Waals surface area contributed by atoms with Crippen molar-refractivity contribution in [3.8, 4) is 0 Å². The Labute approximate surface area is 90.1 Å². The summed E-state index contributed by atoms with van der Waals surface area (Å²) in [7, 11) is 0. The Kier molecular flexibility index (Phi) is 2.99. The van der Waals surface area contributed by atoms with Crippen molar-refractivity contribution in [1.29, 1.82) is 0 Å². The highest BCUT2D eigenvalue weighted by Crippen LogP contribution is 2.31. The molecule has 0 aromatic carbocycles. The Hall–Kier alpha value is -1.38. The van der Waals surface area contributed by atoms with E-state index < -0.39 is 0 Å². The van der Waals surface area contributed by atoms with E-state index in [1.54, 1.807) is 6.20 Å². The van der Waals surface area contributed by atoms with Crippen LogP contribution >= 0.6 is 0 Å². The van der Waals surface area contributed by atoms with Crippen LogP contribution in [0.1, 0.15) is 37.8 Å². The molecule has 15 heavy (non-hydrogen) atoms. The van der Waals surface area contributed by atoms with Crippen molar-refractivity contribution < 1.29 is 4.79 Å². The minimum atomic E-state index is 0.251. The minimum absolute atomic E-state index is 0.251. The number of likely N-dealkylation sites (tertiary alicyclic amines) is 1. The molecule has 2 rings (SSSR count). The van der Waals surface area contributed by atoms with Crippen molar-refractivity contribution in [3.05, 3.63) is 30.1 Å². The molecule has 0 bridgehead atoms. The Morgan fingerprint density at radius 2 is 2.53 bits per heavy atom. The van der Waals surface area contributed by atoms with Gasteiger partial charge in [-0.25, -0.2) is 0 Å². The lowest BCUT2D eigenvalue weighted by molar-refractivity contribution is -0.131. The van der Waals surface area contributed by atoms with Gasteiger partial charge in [-0.1, -0.05) is 13.0 Å². The van der Waals surface area contributed by atoms with E-state index in [2.05, 4.69) is 11.1 Å². The van der Waals surface area contributed by atoms with Crippen molar-refractivity contribution in [2.75, 3.05) is 6.54 Å². The molecule has 0 radical (unpaired) electrons. The van der Waals surface area contributed by atoms with Crippen LogP contribution in [0.4, 0.5) is 0 Å². The smallest absolute Gasteiger partial charge is 0.222 e. The highest BCUT2D eigenvalue weighted by molar-refractivity contribution is 5.76. The lowest BCUT2D eigenvalue weighted by Gasteiger charge is -2.24. The number of carbonyl (C=O) groups excluding carboxylic acids is 1. The molecule has 0 aliphatic carbocycles. The number of rotatable bonds is 2. The highest BCUT2D eigenvalue weighted by atomic mass is 16.2. The molecule has 1 amide bonds. The van der Waals surface area contributed by atoms with Gasteiger partial charge in [0.2, 0.25) is 5.91 Å². The van der Waals surface area contributed by atoms with E-state index in [0.717, 1.165) is 24.9 Å². The molecule has 1 fully saturated rings. The molecular formula is C12H16N2O. The summed E-state index contributed by atoms with van der Waals surface area (Å²) in [5.74, 6) is 0.251. The predicted molar refractivity (Wildman–Crippen MR) is 58.2 cm³/mol. The van der Waals surface area contributed by atoms with E-state index in [9.17, 15) is 4.79 Å². The maximum atomic E-state index is 11.7. The van der Waals surface area contributed by atoms with E-state index in [0.29, 0.717) is 6.42 Å². The van der Waals surface area contributed by atoms with Gasteiger partial charge in [0.25, 0.3) is 0 Å². The highest BCUT2D eigenvalue weighted by Gasteiger charge is 2.28. The zero-order chi connectivity index (χ0) is 10.7. The Morgan fingerprint density at radius 3 is 3.20 bits per heavy atom. The van der Waals surface area contributed by atoms with Gasteiger partial charge in [-0.15, -0.1) is 0 Å². The molecule has 1 aromatic heterocycles. The first-order valence-corrected chi connectivity index (χ1v) is 5.52. The molecule has 0 spiro atoms. The van der Waals surface area contributed by atoms with Gasteiger partial charge in [-0.05, 0) is 24.5 Å². The second-order valence-corrected chi connectivity index (χ2v) is 3.89. The molecule has 1 aliphatic rings. The number of aromatic nitrogens is 1. The van der Waals surface area contributed by atoms with Crippen molar-refractivity contribution in [1.82, 2.24) is 9.88 Å². The van der Waals surface area contributed by atoms with Crippen LogP contribution in [0.15, 0.2) is 24.5 Å². The van der Waals surface area contributed by atoms with Crippen LogP contribution < -0.4 is 0 Å². The molecule has 0 N–H and O–H groups in total. The average molecular weight is 204 g/mol. The molecule has 1 saturated heterocycles. The zero-order valence-electron chi connectivity index (χ0n) is 9.02. The van der Waals surface area contributed by atoms with Crippen LogP contribution in [-0.4, -0.2) is 22.3 Å². The third kappa shape index (κ3) is 2.01. The number of hydrogen-bond acceptors (Lipinski definition) is 2. The first kappa shape index (κ1) is 10.1. The summed E-state index contributed by atoms with van der Waals surface area (Å²) in [6.07, 6.45) is 6.40. The predicted octanol–water partition coefficient (Wildman–Crippen LogP) is 2.16. The summed E-state index contributed by atoms with van der Waals surface area (Å²) < 4.78 is 0. The van der Waals surface area contributed by atoms with E-state index in [4.69, 9.17) is 0 Å². The fourth-order valence-electron chi connectivity index (χ4n) is 2.19. The summed E-state index contributed by atoms with van der Waals surface area (Å²) in [4.78, 5) is 17.8. The molecule has 1 atom stereocenters. The third-order valence-corrected chi connectivity index (χ3v) is 2.94. The topological polar surface area (TPSA) is 33.2 Å². The maximum Gasteiger partial charge on any atom is 0.222 e. The van der Waals surface area contributed by atoms with Gasteiger partial charge in [0.1, 0.15) is 0 Å². The van der Waals surface area contributed by atoms with Crippen molar-refractivity contribution in [2.45, 2.75) is 32.2 Å². The van der Waals surface area contributed by atoms with Gasteiger partial charge in [0.05, 0.1) is 6.04 Å². The lowest BCUT2D eigenvalue weighted by atomic mass is 10.1. The van der Waals surface area contributed by atoms with Gasteiger partial charge in [-0.2, -0.15) is 0 Å². The number of nitrogens with zero attached hydrogens (tertiary/aromatic N) is 2. The maximum absolute atomic E-state index is 11.7. The molecule has 2 heterocycles. The Balaban J connectivity index is 2.18. The van der Waals surface area contributed by atoms with E-state index >= 15 is 0 Å². The molecule has 3 nitrogen and oxygen atoms in total. The summed E-state index contributed by atoms with van der Waals surface area (Å²) in [5.41, 5.74) is 1.16. The van der Waals surface area contributed by atoms with Crippen molar-refractivity contribution in [3.63, 3.8) is 0 Å². The monoisotopic (exact) mass is 204 g/mol. The molecule has 1 aliphatic heterocycles. The van der Waals surface area contributed by atoms with Crippen molar-refractivity contribution >= 4 is 5.91 Å². The summed E-state index contributed by atoms with van der Waals surface area (Å²) in [6.45, 7) is 2.81. The normalized spacial score (nSPS) is 20.6. The summed E-state index contributed by atoms with van der Waals surface area (Å²) in [6, 6.07) is 4.24. The van der Waals surface area contributed by atoms with Crippen LogP contribution in [0.3, 0.4) is 0 Å². The van der Waals surface area contributed by atoms with E-state index in [-0.39, 0.29) is 11.9 Å². The molecule has 1 aromatic rings. The number of pyridine rings is 1. The molecule has 0 saturated carbocycles. The SMILES string of the molecule is CCC(=O)N1CCCC1c1cccnc1. The van der Waals surface area contributed by atoms with Crippen LogP contribution in [0.5, 0.6) is 0 Å². The summed E-state index contributed by atoms with van der Waals surface area (Å²) in [5, 5.41) is 0. The largest absolute Gasteiger partial charge is 0.336 e. The van der Waals surface area contributed by atoms with Gasteiger partial charge in [-0.3, -0.25) is 9.78 Å². The lowest BCUT2D eigenvalue weighted by Crippen LogP contribution is -2.29. The Morgan fingerprint density at radius 1 is 1.67 bits per heavy atom. The first-order chi connectivity index (χ1) is 7.33. The molecule has 1 unspecified atom stereocenters. The van der Waals surface area contributed by atoms with Crippen LogP contribution in [0.25, 0.3) is 0 Å². The van der Waals surface area contributed by atoms with Gasteiger partial charge in [0, 0.05) is 25.4 Å². The second-order valence-electron chi connectivity index (χ2n) is 3.89.